The van der Waals surface area contributed by atoms with Crippen LogP contribution in [-0.4, -0.2) is 31.0 Å². The van der Waals surface area contributed by atoms with Crippen LogP contribution in [0.2, 0.25) is 0 Å². The number of ether oxygens (including phenoxy) is 1. The Kier molecular flexibility index (Phi) is 3.12. The van der Waals surface area contributed by atoms with Crippen molar-refractivity contribution in [1.29, 1.82) is 0 Å². The Bertz CT molecular complexity index is 570. The molecule has 1 fully saturated rings. The van der Waals surface area contributed by atoms with Gasteiger partial charge in [-0.05, 0) is 43.0 Å². The Morgan fingerprint density at radius 3 is 3.00 bits per heavy atom. The third-order valence-electron chi connectivity index (χ3n) is 4.11. The zero-order valence-electron chi connectivity index (χ0n) is 11.5. The van der Waals surface area contributed by atoms with Crippen molar-refractivity contribution in [3.05, 3.63) is 29.3 Å². The predicted molar refractivity (Wildman–Crippen MR) is 73.8 cm³/mol. The lowest BCUT2D eigenvalue weighted by Crippen LogP contribution is -2.56. The lowest BCUT2D eigenvalue weighted by molar-refractivity contribution is -0.141. The lowest BCUT2D eigenvalue weighted by Gasteiger charge is -2.40. The second-order valence-corrected chi connectivity index (χ2v) is 5.36. The van der Waals surface area contributed by atoms with E-state index in [4.69, 9.17) is 4.74 Å². The van der Waals surface area contributed by atoms with Crippen LogP contribution >= 0.6 is 0 Å². The van der Waals surface area contributed by atoms with Gasteiger partial charge in [-0.15, -0.1) is 0 Å². The van der Waals surface area contributed by atoms with Gasteiger partial charge >= 0.3 is 0 Å². The summed E-state index contributed by atoms with van der Waals surface area (Å²) in [4.78, 5) is 23.7. The van der Waals surface area contributed by atoms with Crippen LogP contribution in [-0.2, 0) is 11.2 Å². The molecule has 2 amide bonds. The van der Waals surface area contributed by atoms with Crippen LogP contribution in [0.15, 0.2) is 18.2 Å². The zero-order valence-corrected chi connectivity index (χ0v) is 11.5. The van der Waals surface area contributed by atoms with Crippen LogP contribution < -0.4 is 15.4 Å². The summed E-state index contributed by atoms with van der Waals surface area (Å²) in [5, 5.41) is 5.49. The number of piperidine rings is 1. The van der Waals surface area contributed by atoms with Gasteiger partial charge in [-0.25, -0.2) is 0 Å². The van der Waals surface area contributed by atoms with Crippen LogP contribution in [0.3, 0.4) is 0 Å². The van der Waals surface area contributed by atoms with Crippen LogP contribution in [0, 0.1) is 0 Å². The van der Waals surface area contributed by atoms with Crippen LogP contribution in [0.5, 0.6) is 5.75 Å². The predicted octanol–water partition coefficient (Wildman–Crippen LogP) is 1.02. The topological polar surface area (TPSA) is 67.4 Å². The second kappa shape index (κ2) is 4.81. The summed E-state index contributed by atoms with van der Waals surface area (Å²) < 4.78 is 6.00. The van der Waals surface area contributed by atoms with Gasteiger partial charge in [-0.3, -0.25) is 9.59 Å². The minimum absolute atomic E-state index is 0.00947. The van der Waals surface area contributed by atoms with Gasteiger partial charge in [0.1, 0.15) is 5.75 Å². The largest absolute Gasteiger partial charge is 0.477 e. The van der Waals surface area contributed by atoms with Crippen molar-refractivity contribution in [3.8, 4) is 5.75 Å². The SMILES string of the molecule is CNC(=O)c1ccc2c(c1)CCC1(CCCNC1=O)O2. The van der Waals surface area contributed by atoms with E-state index in [1.165, 1.54) is 0 Å². The molecule has 1 aromatic carbocycles. The van der Waals surface area contributed by atoms with E-state index in [0.717, 1.165) is 37.1 Å². The molecule has 0 aliphatic carbocycles. The molecule has 5 heteroatoms. The first-order chi connectivity index (χ1) is 9.64. The van der Waals surface area contributed by atoms with Crippen molar-refractivity contribution in [2.24, 2.45) is 0 Å². The van der Waals surface area contributed by atoms with E-state index in [-0.39, 0.29) is 11.8 Å². The van der Waals surface area contributed by atoms with Crippen molar-refractivity contribution in [2.45, 2.75) is 31.3 Å². The highest BCUT2D eigenvalue weighted by Crippen LogP contribution is 2.37. The number of aryl methyl sites for hydroxylation is 1. The van der Waals surface area contributed by atoms with E-state index in [1.807, 2.05) is 6.07 Å². The molecule has 1 saturated heterocycles. The monoisotopic (exact) mass is 274 g/mol. The molecule has 1 atom stereocenters. The summed E-state index contributed by atoms with van der Waals surface area (Å²) in [5.41, 5.74) is 0.911. The van der Waals surface area contributed by atoms with Crippen molar-refractivity contribution < 1.29 is 14.3 Å². The van der Waals surface area contributed by atoms with Crippen LogP contribution in [0.25, 0.3) is 0 Å². The number of fused-ring (bicyclic) bond motifs is 1. The number of hydrogen-bond donors (Lipinski definition) is 2. The smallest absolute Gasteiger partial charge is 0.264 e. The summed E-state index contributed by atoms with van der Waals surface area (Å²) in [7, 11) is 1.61. The fraction of sp³-hybridized carbons (Fsp3) is 0.467. The van der Waals surface area contributed by atoms with Crippen molar-refractivity contribution in [2.75, 3.05) is 13.6 Å². The van der Waals surface area contributed by atoms with E-state index >= 15 is 0 Å². The number of rotatable bonds is 1. The lowest BCUT2D eigenvalue weighted by atomic mass is 9.84. The molecule has 0 bridgehead atoms. The molecule has 2 heterocycles. The maximum atomic E-state index is 12.1. The molecule has 0 radical (unpaired) electrons. The molecule has 106 valence electrons. The molecule has 0 aromatic heterocycles. The van der Waals surface area contributed by atoms with Crippen molar-refractivity contribution in [3.63, 3.8) is 0 Å². The Balaban J connectivity index is 1.89. The van der Waals surface area contributed by atoms with E-state index in [1.54, 1.807) is 19.2 Å². The van der Waals surface area contributed by atoms with Gasteiger partial charge in [0.15, 0.2) is 5.60 Å². The highest BCUT2D eigenvalue weighted by atomic mass is 16.5. The Labute approximate surface area is 117 Å². The number of hydrogen-bond acceptors (Lipinski definition) is 3. The minimum atomic E-state index is -0.709. The molecule has 1 spiro atoms. The summed E-state index contributed by atoms with van der Waals surface area (Å²) in [6, 6.07) is 5.38. The Morgan fingerprint density at radius 2 is 2.25 bits per heavy atom. The van der Waals surface area contributed by atoms with Crippen LogP contribution in [0.4, 0.5) is 0 Å². The highest BCUT2D eigenvalue weighted by Gasteiger charge is 2.44. The fourth-order valence-corrected chi connectivity index (χ4v) is 2.94. The molecule has 3 rings (SSSR count). The third kappa shape index (κ3) is 2.03. The van der Waals surface area contributed by atoms with E-state index < -0.39 is 5.60 Å². The Hall–Kier alpha value is -2.04. The molecule has 1 aromatic rings. The van der Waals surface area contributed by atoms with Crippen LogP contribution in [0.1, 0.15) is 35.2 Å². The van der Waals surface area contributed by atoms with Gasteiger partial charge in [-0.1, -0.05) is 0 Å². The molecular weight excluding hydrogens is 256 g/mol. The molecule has 2 aliphatic rings. The van der Waals surface area contributed by atoms with Gasteiger partial charge in [0.2, 0.25) is 0 Å². The maximum Gasteiger partial charge on any atom is 0.264 e. The molecule has 0 saturated carbocycles. The second-order valence-electron chi connectivity index (χ2n) is 5.36. The summed E-state index contributed by atoms with van der Waals surface area (Å²) >= 11 is 0. The third-order valence-corrected chi connectivity index (χ3v) is 4.11. The average molecular weight is 274 g/mol. The fourth-order valence-electron chi connectivity index (χ4n) is 2.94. The highest BCUT2D eigenvalue weighted by molar-refractivity contribution is 5.94. The number of benzene rings is 1. The standard InChI is InChI=1S/C15H18N2O3/c1-16-13(18)11-3-4-12-10(9-11)5-7-15(20-12)6-2-8-17-14(15)19/h3-4,9H,2,5-8H2,1H3,(H,16,18)(H,17,19). The maximum absolute atomic E-state index is 12.1. The molecule has 2 N–H and O–H groups in total. The number of nitrogens with one attached hydrogen (secondary N) is 2. The van der Waals surface area contributed by atoms with E-state index in [9.17, 15) is 9.59 Å². The first kappa shape index (κ1) is 13.0. The molecule has 1 unspecified atom stereocenters. The van der Waals surface area contributed by atoms with E-state index in [2.05, 4.69) is 10.6 Å². The average Bonchev–Trinajstić information content (AvgIpc) is 2.49. The number of amides is 2. The van der Waals surface area contributed by atoms with Gasteiger partial charge in [0, 0.05) is 25.6 Å². The minimum Gasteiger partial charge on any atom is -0.477 e. The normalized spacial score (nSPS) is 24.6. The van der Waals surface area contributed by atoms with Gasteiger partial charge in [0.25, 0.3) is 11.8 Å². The summed E-state index contributed by atoms with van der Waals surface area (Å²) in [6.45, 7) is 0.729. The first-order valence-corrected chi connectivity index (χ1v) is 6.97. The summed E-state index contributed by atoms with van der Waals surface area (Å²) in [6.07, 6.45) is 3.13. The Morgan fingerprint density at radius 1 is 1.40 bits per heavy atom. The quantitative estimate of drug-likeness (QED) is 0.803. The number of carbonyl (C=O) groups excluding carboxylic acids is 2. The number of carbonyl (C=O) groups is 2. The van der Waals surface area contributed by atoms with Gasteiger partial charge < -0.3 is 15.4 Å². The first-order valence-electron chi connectivity index (χ1n) is 6.97. The molecular formula is C15H18N2O3. The van der Waals surface area contributed by atoms with Crippen molar-refractivity contribution in [1.82, 2.24) is 10.6 Å². The van der Waals surface area contributed by atoms with Gasteiger partial charge in [0.05, 0.1) is 0 Å². The molecule has 20 heavy (non-hydrogen) atoms. The van der Waals surface area contributed by atoms with Gasteiger partial charge in [-0.2, -0.15) is 0 Å². The summed E-state index contributed by atoms with van der Waals surface area (Å²) in [5.74, 6) is 0.606. The van der Waals surface area contributed by atoms with Crippen molar-refractivity contribution >= 4 is 11.8 Å². The van der Waals surface area contributed by atoms with E-state index in [0.29, 0.717) is 12.0 Å². The zero-order chi connectivity index (χ0) is 14.2. The molecule has 5 nitrogen and oxygen atoms in total. The molecule has 2 aliphatic heterocycles.